The monoisotopic (exact) mass is 212 g/mol. The lowest BCUT2D eigenvalue weighted by Crippen LogP contribution is -2.11. The molecule has 1 N–H and O–H groups in total. The third-order valence-electron chi connectivity index (χ3n) is 2.23. The molecule has 2 aromatic rings. The van der Waals surface area contributed by atoms with E-state index < -0.39 is 0 Å². The van der Waals surface area contributed by atoms with Crippen LogP contribution in [0.3, 0.4) is 0 Å². The minimum Gasteiger partial charge on any atom is -0.322 e. The van der Waals surface area contributed by atoms with Crippen molar-refractivity contribution >= 4 is 11.6 Å². The molecule has 0 saturated carbocycles. The topological polar surface area (TPSA) is 42.0 Å². The lowest BCUT2D eigenvalue weighted by atomic mass is 10.2. The standard InChI is InChI=1S/C13H12N2O/c1-10-4-6-12(7-5-10)15-13(16)11-3-2-8-14-9-11/h2-9H,1H3,(H,15,16). The summed E-state index contributed by atoms with van der Waals surface area (Å²) in [4.78, 5) is 15.6. The minimum atomic E-state index is -0.142. The lowest BCUT2D eigenvalue weighted by molar-refractivity contribution is 0.102. The van der Waals surface area contributed by atoms with E-state index in [0.29, 0.717) is 5.56 Å². The van der Waals surface area contributed by atoms with E-state index in [4.69, 9.17) is 0 Å². The summed E-state index contributed by atoms with van der Waals surface area (Å²) in [5.41, 5.74) is 2.52. The van der Waals surface area contributed by atoms with Crippen molar-refractivity contribution in [3.8, 4) is 0 Å². The quantitative estimate of drug-likeness (QED) is 0.831. The maximum atomic E-state index is 11.7. The van der Waals surface area contributed by atoms with E-state index in [-0.39, 0.29) is 5.91 Å². The molecule has 0 unspecified atom stereocenters. The average molecular weight is 212 g/mol. The van der Waals surface area contributed by atoms with Crippen molar-refractivity contribution in [2.75, 3.05) is 5.32 Å². The van der Waals surface area contributed by atoms with Crippen molar-refractivity contribution < 1.29 is 4.79 Å². The van der Waals surface area contributed by atoms with Crippen LogP contribution in [0.15, 0.2) is 48.8 Å². The summed E-state index contributed by atoms with van der Waals surface area (Å²) in [7, 11) is 0. The summed E-state index contributed by atoms with van der Waals surface area (Å²) in [6, 6.07) is 11.1. The molecule has 16 heavy (non-hydrogen) atoms. The maximum absolute atomic E-state index is 11.7. The van der Waals surface area contributed by atoms with E-state index in [1.54, 1.807) is 24.5 Å². The molecule has 2 rings (SSSR count). The van der Waals surface area contributed by atoms with Gasteiger partial charge in [0.05, 0.1) is 5.56 Å². The summed E-state index contributed by atoms with van der Waals surface area (Å²) in [5.74, 6) is -0.142. The van der Waals surface area contributed by atoms with E-state index in [9.17, 15) is 4.79 Å². The molecule has 1 aromatic carbocycles. The molecule has 1 heterocycles. The molecule has 0 aliphatic rings. The van der Waals surface area contributed by atoms with Crippen LogP contribution in [0.1, 0.15) is 15.9 Å². The van der Waals surface area contributed by atoms with Crippen molar-refractivity contribution in [3.63, 3.8) is 0 Å². The number of hydrogen-bond donors (Lipinski definition) is 1. The highest BCUT2D eigenvalue weighted by atomic mass is 16.1. The Morgan fingerprint density at radius 2 is 1.94 bits per heavy atom. The van der Waals surface area contributed by atoms with Gasteiger partial charge in [0, 0.05) is 18.1 Å². The van der Waals surface area contributed by atoms with E-state index in [1.165, 1.54) is 5.56 Å². The Labute approximate surface area is 94.1 Å². The number of carbonyl (C=O) groups is 1. The van der Waals surface area contributed by atoms with Crippen LogP contribution >= 0.6 is 0 Å². The summed E-state index contributed by atoms with van der Waals surface area (Å²) >= 11 is 0. The molecule has 3 heteroatoms. The Morgan fingerprint density at radius 3 is 2.56 bits per heavy atom. The molecule has 0 bridgehead atoms. The molecule has 0 saturated heterocycles. The van der Waals surface area contributed by atoms with E-state index in [0.717, 1.165) is 5.69 Å². The number of benzene rings is 1. The third-order valence-corrected chi connectivity index (χ3v) is 2.23. The molecule has 0 fully saturated rings. The van der Waals surface area contributed by atoms with Crippen LogP contribution in [0, 0.1) is 6.92 Å². The molecule has 0 aliphatic carbocycles. The summed E-state index contributed by atoms with van der Waals surface area (Å²) in [6.45, 7) is 2.01. The maximum Gasteiger partial charge on any atom is 0.257 e. The fourth-order valence-corrected chi connectivity index (χ4v) is 1.34. The number of aromatic nitrogens is 1. The number of amides is 1. The number of nitrogens with one attached hydrogen (secondary N) is 1. The normalized spacial score (nSPS) is 9.81. The SMILES string of the molecule is Cc1ccc(NC(=O)c2cccnc2)cc1. The zero-order chi connectivity index (χ0) is 11.4. The van der Waals surface area contributed by atoms with E-state index in [2.05, 4.69) is 10.3 Å². The molecule has 0 aliphatic heterocycles. The van der Waals surface area contributed by atoms with Gasteiger partial charge in [0.25, 0.3) is 5.91 Å². The highest BCUT2D eigenvalue weighted by Gasteiger charge is 2.04. The second-order valence-electron chi connectivity index (χ2n) is 3.56. The minimum absolute atomic E-state index is 0.142. The number of aryl methyl sites for hydroxylation is 1. The molecule has 0 spiro atoms. The van der Waals surface area contributed by atoms with Crippen LogP contribution in [-0.4, -0.2) is 10.9 Å². The molecular weight excluding hydrogens is 200 g/mol. The molecule has 1 amide bonds. The largest absolute Gasteiger partial charge is 0.322 e. The fraction of sp³-hybridized carbons (Fsp3) is 0.0769. The first-order valence-electron chi connectivity index (χ1n) is 5.04. The zero-order valence-electron chi connectivity index (χ0n) is 8.97. The highest BCUT2D eigenvalue weighted by Crippen LogP contribution is 2.10. The van der Waals surface area contributed by atoms with Crippen molar-refractivity contribution in [2.45, 2.75) is 6.92 Å². The van der Waals surface area contributed by atoms with Gasteiger partial charge in [0.1, 0.15) is 0 Å². The van der Waals surface area contributed by atoms with Gasteiger partial charge in [-0.25, -0.2) is 0 Å². The van der Waals surface area contributed by atoms with E-state index >= 15 is 0 Å². The number of nitrogens with zero attached hydrogens (tertiary/aromatic N) is 1. The Morgan fingerprint density at radius 1 is 1.19 bits per heavy atom. The second-order valence-corrected chi connectivity index (χ2v) is 3.56. The smallest absolute Gasteiger partial charge is 0.257 e. The molecular formula is C13H12N2O. The predicted molar refractivity (Wildman–Crippen MR) is 63.4 cm³/mol. The number of pyridine rings is 1. The van der Waals surface area contributed by atoms with Gasteiger partial charge in [-0.3, -0.25) is 9.78 Å². The van der Waals surface area contributed by atoms with E-state index in [1.807, 2.05) is 31.2 Å². The van der Waals surface area contributed by atoms with Crippen LogP contribution in [0.5, 0.6) is 0 Å². The average Bonchev–Trinajstić information content (AvgIpc) is 2.33. The fourth-order valence-electron chi connectivity index (χ4n) is 1.34. The number of hydrogen-bond acceptors (Lipinski definition) is 2. The zero-order valence-corrected chi connectivity index (χ0v) is 8.97. The van der Waals surface area contributed by atoms with Gasteiger partial charge in [-0.2, -0.15) is 0 Å². The molecule has 0 atom stereocenters. The lowest BCUT2D eigenvalue weighted by Gasteiger charge is -2.04. The highest BCUT2D eigenvalue weighted by molar-refractivity contribution is 6.03. The van der Waals surface area contributed by atoms with Crippen molar-refractivity contribution in [2.24, 2.45) is 0 Å². The van der Waals surface area contributed by atoms with Gasteiger partial charge >= 0.3 is 0 Å². The van der Waals surface area contributed by atoms with Gasteiger partial charge in [-0.15, -0.1) is 0 Å². The summed E-state index contributed by atoms with van der Waals surface area (Å²) in [6.07, 6.45) is 3.19. The molecule has 1 aromatic heterocycles. The second kappa shape index (κ2) is 4.57. The van der Waals surface area contributed by atoms with Crippen LogP contribution in [-0.2, 0) is 0 Å². The van der Waals surface area contributed by atoms with Gasteiger partial charge in [-0.05, 0) is 31.2 Å². The molecule has 80 valence electrons. The first-order valence-corrected chi connectivity index (χ1v) is 5.04. The van der Waals surface area contributed by atoms with Gasteiger partial charge in [0.2, 0.25) is 0 Å². The van der Waals surface area contributed by atoms with Crippen LogP contribution < -0.4 is 5.32 Å². The Balaban J connectivity index is 2.11. The van der Waals surface area contributed by atoms with Crippen LogP contribution in [0.2, 0.25) is 0 Å². The van der Waals surface area contributed by atoms with Crippen molar-refractivity contribution in [3.05, 3.63) is 59.9 Å². The Kier molecular flexibility index (Phi) is 2.96. The van der Waals surface area contributed by atoms with Crippen molar-refractivity contribution in [1.29, 1.82) is 0 Å². The first-order chi connectivity index (χ1) is 7.75. The van der Waals surface area contributed by atoms with Gasteiger partial charge < -0.3 is 5.32 Å². The van der Waals surface area contributed by atoms with Crippen molar-refractivity contribution in [1.82, 2.24) is 4.98 Å². The third kappa shape index (κ3) is 2.45. The summed E-state index contributed by atoms with van der Waals surface area (Å²) in [5, 5.41) is 2.81. The van der Waals surface area contributed by atoms with Crippen LogP contribution in [0.25, 0.3) is 0 Å². The molecule has 0 radical (unpaired) electrons. The Hall–Kier alpha value is -2.16. The summed E-state index contributed by atoms with van der Waals surface area (Å²) < 4.78 is 0. The number of anilines is 1. The number of rotatable bonds is 2. The first kappa shape index (κ1) is 10.4. The number of carbonyl (C=O) groups excluding carboxylic acids is 1. The predicted octanol–water partition coefficient (Wildman–Crippen LogP) is 2.64. The molecule has 3 nitrogen and oxygen atoms in total. The van der Waals surface area contributed by atoms with Gasteiger partial charge in [-0.1, -0.05) is 17.7 Å². The van der Waals surface area contributed by atoms with Gasteiger partial charge in [0.15, 0.2) is 0 Å². The van der Waals surface area contributed by atoms with Crippen LogP contribution in [0.4, 0.5) is 5.69 Å². The Bertz CT molecular complexity index is 477.